The van der Waals surface area contributed by atoms with Gasteiger partial charge >= 0.3 is 0 Å². The second-order valence-corrected chi connectivity index (χ2v) is 3.97. The van der Waals surface area contributed by atoms with Crippen molar-refractivity contribution in [2.75, 3.05) is 5.32 Å². The van der Waals surface area contributed by atoms with Crippen molar-refractivity contribution >= 4 is 22.9 Å². The van der Waals surface area contributed by atoms with E-state index in [1.165, 1.54) is 23.5 Å². The number of benzene rings is 1. The lowest BCUT2D eigenvalue weighted by atomic mass is 10.2. The molecule has 0 aliphatic rings. The van der Waals surface area contributed by atoms with Gasteiger partial charge in [0, 0.05) is 11.1 Å². The number of nitrogens with zero attached hydrogens (tertiary/aromatic N) is 1. The van der Waals surface area contributed by atoms with Crippen molar-refractivity contribution in [1.29, 1.82) is 0 Å². The summed E-state index contributed by atoms with van der Waals surface area (Å²) in [6.07, 6.45) is 0.268. The average Bonchev–Trinajstić information content (AvgIpc) is 2.74. The minimum absolute atomic E-state index is 0.114. The first-order valence-corrected chi connectivity index (χ1v) is 5.64. The van der Waals surface area contributed by atoms with Gasteiger partial charge < -0.3 is 10.4 Å². The molecule has 0 spiro atoms. The fraction of sp³-hybridized carbons (Fsp3) is 0.0909. The van der Waals surface area contributed by atoms with E-state index in [1.807, 2.05) is 5.38 Å². The molecule has 0 aliphatic heterocycles. The van der Waals surface area contributed by atoms with Gasteiger partial charge in [0.1, 0.15) is 5.75 Å². The van der Waals surface area contributed by atoms with E-state index in [1.54, 1.807) is 17.6 Å². The molecule has 4 nitrogen and oxygen atoms in total. The van der Waals surface area contributed by atoms with E-state index >= 15 is 0 Å². The second-order valence-electron chi connectivity index (χ2n) is 3.25. The van der Waals surface area contributed by atoms with Crippen molar-refractivity contribution < 1.29 is 9.90 Å². The van der Waals surface area contributed by atoms with E-state index in [-0.39, 0.29) is 18.1 Å². The topological polar surface area (TPSA) is 62.2 Å². The van der Waals surface area contributed by atoms with Gasteiger partial charge in [-0.3, -0.25) is 4.79 Å². The van der Waals surface area contributed by atoms with Crippen LogP contribution in [0, 0.1) is 0 Å². The summed E-state index contributed by atoms with van der Waals surface area (Å²) in [5.41, 5.74) is 3.13. The molecule has 0 saturated carbocycles. The minimum Gasteiger partial charge on any atom is -0.508 e. The van der Waals surface area contributed by atoms with Crippen LogP contribution in [0.15, 0.2) is 35.2 Å². The summed E-state index contributed by atoms with van der Waals surface area (Å²) in [4.78, 5) is 15.6. The van der Waals surface area contributed by atoms with Crippen LogP contribution in [0.1, 0.15) is 5.69 Å². The molecule has 2 rings (SSSR count). The molecular formula is C11H10N2O2S. The lowest BCUT2D eigenvalue weighted by Crippen LogP contribution is -2.14. The van der Waals surface area contributed by atoms with E-state index in [0.717, 1.165) is 5.69 Å². The number of amides is 1. The Labute approximate surface area is 96.6 Å². The van der Waals surface area contributed by atoms with Gasteiger partial charge in [-0.2, -0.15) is 0 Å². The molecule has 82 valence electrons. The molecule has 1 aromatic heterocycles. The van der Waals surface area contributed by atoms with Crippen LogP contribution in [-0.4, -0.2) is 16.0 Å². The molecule has 0 bridgehead atoms. The summed E-state index contributed by atoms with van der Waals surface area (Å²) >= 11 is 1.47. The molecule has 2 N–H and O–H groups in total. The van der Waals surface area contributed by atoms with Crippen LogP contribution < -0.4 is 5.32 Å². The highest BCUT2D eigenvalue weighted by Gasteiger charge is 2.05. The fourth-order valence-electron chi connectivity index (χ4n) is 1.24. The summed E-state index contributed by atoms with van der Waals surface area (Å²) in [6, 6.07) is 6.35. The van der Waals surface area contributed by atoms with Gasteiger partial charge in [-0.05, 0) is 24.3 Å². The van der Waals surface area contributed by atoms with Crippen molar-refractivity contribution in [3.8, 4) is 5.75 Å². The van der Waals surface area contributed by atoms with Crippen LogP contribution in [0.3, 0.4) is 0 Å². The fourth-order valence-corrected chi connectivity index (χ4v) is 1.80. The van der Waals surface area contributed by atoms with Gasteiger partial charge in [-0.25, -0.2) is 4.98 Å². The van der Waals surface area contributed by atoms with Crippen molar-refractivity contribution in [2.45, 2.75) is 6.42 Å². The minimum atomic E-state index is -0.114. The summed E-state index contributed by atoms with van der Waals surface area (Å²) in [6.45, 7) is 0. The highest BCUT2D eigenvalue weighted by atomic mass is 32.1. The molecule has 0 unspecified atom stereocenters. The Morgan fingerprint density at radius 1 is 1.38 bits per heavy atom. The predicted molar refractivity (Wildman–Crippen MR) is 62.6 cm³/mol. The standard InChI is InChI=1S/C11H10N2O2S/c14-10-3-1-8(2-4-10)13-11(15)5-9-6-16-7-12-9/h1-4,6-7,14H,5H2,(H,13,15). The van der Waals surface area contributed by atoms with Gasteiger partial charge in [0.05, 0.1) is 17.6 Å². The molecule has 1 aromatic carbocycles. The van der Waals surface area contributed by atoms with Crippen molar-refractivity contribution in [3.05, 3.63) is 40.8 Å². The normalized spacial score (nSPS) is 10.0. The second kappa shape index (κ2) is 4.76. The first-order valence-electron chi connectivity index (χ1n) is 4.70. The number of carbonyl (C=O) groups is 1. The Morgan fingerprint density at radius 3 is 2.75 bits per heavy atom. The van der Waals surface area contributed by atoms with Crippen LogP contribution in [0.2, 0.25) is 0 Å². The van der Waals surface area contributed by atoms with Gasteiger partial charge in [-0.15, -0.1) is 11.3 Å². The summed E-state index contributed by atoms with van der Waals surface area (Å²) in [5, 5.41) is 13.6. The Kier molecular flexibility index (Phi) is 3.16. The highest BCUT2D eigenvalue weighted by Crippen LogP contribution is 2.14. The van der Waals surface area contributed by atoms with E-state index in [0.29, 0.717) is 5.69 Å². The number of aromatic hydroxyl groups is 1. The molecule has 2 aromatic rings. The third-order valence-electron chi connectivity index (χ3n) is 1.98. The van der Waals surface area contributed by atoms with Gasteiger partial charge in [0.25, 0.3) is 0 Å². The van der Waals surface area contributed by atoms with Crippen LogP contribution in [0.25, 0.3) is 0 Å². The third-order valence-corrected chi connectivity index (χ3v) is 2.61. The highest BCUT2D eigenvalue weighted by molar-refractivity contribution is 7.07. The molecular weight excluding hydrogens is 224 g/mol. The molecule has 5 heteroatoms. The lowest BCUT2D eigenvalue weighted by Gasteiger charge is -2.03. The van der Waals surface area contributed by atoms with E-state index in [9.17, 15) is 4.79 Å². The number of hydrogen-bond acceptors (Lipinski definition) is 4. The molecule has 0 fully saturated rings. The Morgan fingerprint density at radius 2 is 2.12 bits per heavy atom. The van der Waals surface area contributed by atoms with E-state index in [2.05, 4.69) is 10.3 Å². The molecule has 1 heterocycles. The van der Waals surface area contributed by atoms with E-state index in [4.69, 9.17) is 5.11 Å². The van der Waals surface area contributed by atoms with Crippen LogP contribution >= 0.6 is 11.3 Å². The van der Waals surface area contributed by atoms with Gasteiger partial charge in [0.15, 0.2) is 0 Å². The molecule has 0 saturated heterocycles. The van der Waals surface area contributed by atoms with Crippen LogP contribution in [-0.2, 0) is 11.2 Å². The van der Waals surface area contributed by atoms with E-state index < -0.39 is 0 Å². The smallest absolute Gasteiger partial charge is 0.230 e. The SMILES string of the molecule is O=C(Cc1cscn1)Nc1ccc(O)cc1. The summed E-state index contributed by atoms with van der Waals surface area (Å²) < 4.78 is 0. The number of thiazole rings is 1. The predicted octanol–water partition coefficient (Wildman–Crippen LogP) is 2.03. The first kappa shape index (κ1) is 10.6. The number of phenols is 1. The number of hydrogen-bond donors (Lipinski definition) is 2. The Hall–Kier alpha value is -1.88. The van der Waals surface area contributed by atoms with Gasteiger partial charge in [0.2, 0.25) is 5.91 Å². The molecule has 0 atom stereocenters. The lowest BCUT2D eigenvalue weighted by molar-refractivity contribution is -0.115. The van der Waals surface area contributed by atoms with Crippen molar-refractivity contribution in [2.24, 2.45) is 0 Å². The van der Waals surface area contributed by atoms with Crippen LogP contribution in [0.5, 0.6) is 5.75 Å². The van der Waals surface area contributed by atoms with Gasteiger partial charge in [-0.1, -0.05) is 0 Å². The quantitative estimate of drug-likeness (QED) is 0.799. The van der Waals surface area contributed by atoms with Crippen molar-refractivity contribution in [1.82, 2.24) is 4.98 Å². The zero-order valence-electron chi connectivity index (χ0n) is 8.38. The number of phenolic OH excluding ortho intramolecular Hbond substituents is 1. The maximum Gasteiger partial charge on any atom is 0.230 e. The Balaban J connectivity index is 1.95. The summed E-state index contributed by atoms with van der Waals surface area (Å²) in [7, 11) is 0. The molecule has 0 aliphatic carbocycles. The zero-order valence-corrected chi connectivity index (χ0v) is 9.20. The number of nitrogens with one attached hydrogen (secondary N) is 1. The molecule has 0 radical (unpaired) electrons. The Bertz CT molecular complexity index is 465. The first-order chi connectivity index (χ1) is 7.74. The maximum absolute atomic E-state index is 11.6. The van der Waals surface area contributed by atoms with Crippen LogP contribution in [0.4, 0.5) is 5.69 Å². The summed E-state index contributed by atoms with van der Waals surface area (Å²) in [5.74, 6) is 0.0640. The maximum atomic E-state index is 11.6. The zero-order chi connectivity index (χ0) is 11.4. The average molecular weight is 234 g/mol. The number of anilines is 1. The number of rotatable bonds is 3. The molecule has 1 amide bonds. The van der Waals surface area contributed by atoms with Crippen molar-refractivity contribution in [3.63, 3.8) is 0 Å². The molecule has 16 heavy (non-hydrogen) atoms. The third kappa shape index (κ3) is 2.80. The number of carbonyl (C=O) groups excluding carboxylic acids is 1. The number of aromatic nitrogens is 1. The largest absolute Gasteiger partial charge is 0.508 e. The monoisotopic (exact) mass is 234 g/mol.